The van der Waals surface area contributed by atoms with E-state index < -0.39 is 11.2 Å². The van der Waals surface area contributed by atoms with E-state index >= 15 is 0 Å². The van der Waals surface area contributed by atoms with Crippen LogP contribution in [-0.4, -0.2) is 66.1 Å². The van der Waals surface area contributed by atoms with Crippen LogP contribution in [-0.2, 0) is 15.1 Å². The Labute approximate surface area is 154 Å². The number of pyridine rings is 1. The first-order valence-electron chi connectivity index (χ1n) is 9.04. The Kier molecular flexibility index (Phi) is 4.88. The molecule has 0 spiro atoms. The van der Waals surface area contributed by atoms with Gasteiger partial charge in [0.25, 0.3) is 0 Å². The highest BCUT2D eigenvalue weighted by molar-refractivity contribution is 5.69. The lowest BCUT2D eigenvalue weighted by Gasteiger charge is -2.51. The Morgan fingerprint density at radius 1 is 1.31 bits per heavy atom. The van der Waals surface area contributed by atoms with E-state index in [0.29, 0.717) is 26.1 Å². The third-order valence-electron chi connectivity index (χ3n) is 4.90. The lowest BCUT2D eigenvalue weighted by atomic mass is 9.77. The molecule has 2 fully saturated rings. The molecular weight excluding hydrogens is 334 g/mol. The SMILES string of the molecule is CN(C)c1ccc(C2(O)CC3COCC(C2)N3C(=O)OC(C)(C)C)cn1. The molecule has 1 N–H and O–H groups in total. The highest BCUT2D eigenvalue weighted by Gasteiger charge is 2.50. The fourth-order valence-corrected chi connectivity index (χ4v) is 3.75. The van der Waals surface area contributed by atoms with Crippen molar-refractivity contribution in [2.75, 3.05) is 32.2 Å². The van der Waals surface area contributed by atoms with E-state index in [1.54, 1.807) is 11.1 Å². The fourth-order valence-electron chi connectivity index (χ4n) is 3.75. The first-order valence-corrected chi connectivity index (χ1v) is 9.04. The van der Waals surface area contributed by atoms with Gasteiger partial charge in [-0.2, -0.15) is 0 Å². The summed E-state index contributed by atoms with van der Waals surface area (Å²) < 4.78 is 11.2. The van der Waals surface area contributed by atoms with Crippen LogP contribution in [0.5, 0.6) is 0 Å². The topological polar surface area (TPSA) is 75.1 Å². The Morgan fingerprint density at radius 3 is 2.38 bits per heavy atom. The Bertz CT molecular complexity index is 640. The second kappa shape index (κ2) is 6.70. The summed E-state index contributed by atoms with van der Waals surface area (Å²) in [6.07, 6.45) is 2.21. The molecule has 0 aliphatic carbocycles. The number of aliphatic hydroxyl groups is 1. The van der Waals surface area contributed by atoms with Crippen LogP contribution in [0.2, 0.25) is 0 Å². The number of nitrogens with zero attached hydrogens (tertiary/aromatic N) is 3. The molecule has 26 heavy (non-hydrogen) atoms. The Morgan fingerprint density at radius 2 is 1.92 bits per heavy atom. The molecule has 1 aromatic rings. The van der Waals surface area contributed by atoms with Crippen LogP contribution in [0, 0.1) is 0 Å². The van der Waals surface area contributed by atoms with Gasteiger partial charge >= 0.3 is 6.09 Å². The van der Waals surface area contributed by atoms with E-state index in [1.165, 1.54) is 0 Å². The van der Waals surface area contributed by atoms with Crippen molar-refractivity contribution >= 4 is 11.9 Å². The predicted molar refractivity (Wildman–Crippen MR) is 98.2 cm³/mol. The molecule has 7 heteroatoms. The van der Waals surface area contributed by atoms with Gasteiger partial charge in [0, 0.05) is 38.7 Å². The number of hydrogen-bond donors (Lipinski definition) is 1. The van der Waals surface area contributed by atoms with E-state index in [2.05, 4.69) is 4.98 Å². The summed E-state index contributed by atoms with van der Waals surface area (Å²) in [4.78, 5) is 20.7. The van der Waals surface area contributed by atoms with Crippen LogP contribution in [0.25, 0.3) is 0 Å². The van der Waals surface area contributed by atoms with Gasteiger partial charge in [-0.1, -0.05) is 6.07 Å². The quantitative estimate of drug-likeness (QED) is 0.868. The van der Waals surface area contributed by atoms with Gasteiger partial charge in [0.1, 0.15) is 11.4 Å². The number of ether oxygens (including phenoxy) is 2. The Hall–Kier alpha value is -1.86. The molecule has 3 rings (SSSR count). The van der Waals surface area contributed by atoms with Crippen molar-refractivity contribution in [2.45, 2.75) is 56.9 Å². The van der Waals surface area contributed by atoms with Crippen LogP contribution in [0.3, 0.4) is 0 Å². The van der Waals surface area contributed by atoms with Crippen molar-refractivity contribution in [2.24, 2.45) is 0 Å². The van der Waals surface area contributed by atoms with E-state index in [4.69, 9.17) is 9.47 Å². The Balaban J connectivity index is 1.81. The van der Waals surface area contributed by atoms with Crippen LogP contribution in [0.15, 0.2) is 18.3 Å². The van der Waals surface area contributed by atoms with E-state index in [1.807, 2.05) is 51.9 Å². The molecule has 2 unspecified atom stereocenters. The minimum atomic E-state index is -1.02. The van der Waals surface area contributed by atoms with Gasteiger partial charge in [0.15, 0.2) is 0 Å². The molecule has 2 atom stereocenters. The lowest BCUT2D eigenvalue weighted by Crippen LogP contribution is -2.63. The summed E-state index contributed by atoms with van der Waals surface area (Å²) in [6, 6.07) is 3.40. The number of piperidine rings is 1. The number of hydrogen-bond acceptors (Lipinski definition) is 6. The lowest BCUT2D eigenvalue weighted by molar-refractivity contribution is -0.141. The number of fused-ring (bicyclic) bond motifs is 2. The molecule has 2 bridgehead atoms. The van der Waals surface area contributed by atoms with Crippen molar-refractivity contribution in [3.63, 3.8) is 0 Å². The molecule has 2 saturated heterocycles. The van der Waals surface area contributed by atoms with Crippen LogP contribution in [0.4, 0.5) is 10.6 Å². The summed E-state index contributed by atoms with van der Waals surface area (Å²) >= 11 is 0. The molecule has 1 amide bonds. The van der Waals surface area contributed by atoms with Crippen molar-refractivity contribution in [1.29, 1.82) is 0 Å². The summed E-state index contributed by atoms with van der Waals surface area (Å²) in [5.74, 6) is 0.840. The second-order valence-electron chi connectivity index (χ2n) is 8.47. The molecule has 2 aliphatic heterocycles. The molecule has 0 aromatic carbocycles. The molecule has 0 saturated carbocycles. The maximum Gasteiger partial charge on any atom is 0.410 e. The highest BCUT2D eigenvalue weighted by Crippen LogP contribution is 2.41. The number of carbonyl (C=O) groups is 1. The van der Waals surface area contributed by atoms with Crippen LogP contribution < -0.4 is 4.90 Å². The molecule has 3 heterocycles. The number of aromatic nitrogens is 1. The zero-order valence-corrected chi connectivity index (χ0v) is 16.2. The maximum absolute atomic E-state index is 12.6. The molecule has 1 aromatic heterocycles. The molecule has 2 aliphatic rings. The van der Waals surface area contributed by atoms with Gasteiger partial charge in [-0.3, -0.25) is 4.90 Å². The van der Waals surface area contributed by atoms with Crippen LogP contribution in [0.1, 0.15) is 39.2 Å². The maximum atomic E-state index is 12.6. The van der Waals surface area contributed by atoms with E-state index in [9.17, 15) is 9.90 Å². The average Bonchev–Trinajstić information content (AvgIpc) is 2.52. The van der Waals surface area contributed by atoms with Crippen molar-refractivity contribution in [3.8, 4) is 0 Å². The second-order valence-corrected chi connectivity index (χ2v) is 8.47. The van der Waals surface area contributed by atoms with Gasteiger partial charge in [0.05, 0.1) is 30.9 Å². The zero-order valence-electron chi connectivity index (χ0n) is 16.2. The minimum absolute atomic E-state index is 0.212. The van der Waals surface area contributed by atoms with Gasteiger partial charge < -0.3 is 19.5 Å². The normalized spacial score (nSPS) is 28.6. The number of amides is 1. The summed E-state index contributed by atoms with van der Waals surface area (Å²) in [7, 11) is 3.86. The molecule has 144 valence electrons. The van der Waals surface area contributed by atoms with E-state index in [-0.39, 0.29) is 18.2 Å². The smallest absolute Gasteiger partial charge is 0.410 e. The fraction of sp³-hybridized carbons (Fsp3) is 0.684. The third-order valence-corrected chi connectivity index (χ3v) is 4.90. The zero-order chi connectivity index (χ0) is 19.1. The number of carbonyl (C=O) groups excluding carboxylic acids is 1. The van der Waals surface area contributed by atoms with Gasteiger partial charge in [-0.25, -0.2) is 9.78 Å². The monoisotopic (exact) mass is 363 g/mol. The minimum Gasteiger partial charge on any atom is -0.444 e. The summed E-state index contributed by atoms with van der Waals surface area (Å²) in [5, 5.41) is 11.3. The van der Waals surface area contributed by atoms with Crippen molar-refractivity contribution in [1.82, 2.24) is 9.88 Å². The summed E-state index contributed by atoms with van der Waals surface area (Å²) in [5.41, 5.74) is -0.787. The largest absolute Gasteiger partial charge is 0.444 e. The summed E-state index contributed by atoms with van der Waals surface area (Å²) in [6.45, 7) is 6.38. The molecule has 0 radical (unpaired) electrons. The molecule has 7 nitrogen and oxygen atoms in total. The average molecular weight is 363 g/mol. The van der Waals surface area contributed by atoms with Gasteiger partial charge in [-0.05, 0) is 26.8 Å². The van der Waals surface area contributed by atoms with E-state index in [0.717, 1.165) is 11.4 Å². The predicted octanol–water partition coefficient (Wildman–Crippen LogP) is 2.13. The van der Waals surface area contributed by atoms with Crippen molar-refractivity contribution in [3.05, 3.63) is 23.9 Å². The number of anilines is 1. The van der Waals surface area contributed by atoms with Crippen molar-refractivity contribution < 1.29 is 19.4 Å². The molecular formula is C19H29N3O4. The number of morpholine rings is 1. The van der Waals surface area contributed by atoms with Gasteiger partial charge in [-0.15, -0.1) is 0 Å². The first-order chi connectivity index (χ1) is 12.1. The number of rotatable bonds is 2. The standard InChI is InChI=1S/C19H29N3O4/c1-18(2,3)26-17(23)22-14-8-19(24,9-15(22)12-25-11-14)13-6-7-16(20-10-13)21(4)5/h6-7,10,14-15,24H,8-9,11-12H2,1-5H3. The third kappa shape index (κ3) is 3.78. The first kappa shape index (κ1) is 18.9. The van der Waals surface area contributed by atoms with Crippen LogP contribution >= 0.6 is 0 Å². The van der Waals surface area contributed by atoms with Gasteiger partial charge in [0.2, 0.25) is 0 Å². The highest BCUT2D eigenvalue weighted by atomic mass is 16.6.